The van der Waals surface area contributed by atoms with E-state index in [9.17, 15) is 4.79 Å². The maximum atomic E-state index is 12.7. The molecule has 6 nitrogen and oxygen atoms in total. The molecule has 1 aromatic heterocycles. The molecule has 1 atom stereocenters. The summed E-state index contributed by atoms with van der Waals surface area (Å²) in [6.07, 6.45) is 4.49. The molecule has 1 unspecified atom stereocenters. The Morgan fingerprint density at radius 1 is 1.07 bits per heavy atom. The van der Waals surface area contributed by atoms with Crippen molar-refractivity contribution in [2.24, 2.45) is 0 Å². The van der Waals surface area contributed by atoms with Gasteiger partial charge in [-0.3, -0.25) is 4.90 Å². The Labute approximate surface area is 177 Å². The topological polar surface area (TPSA) is 64.3 Å². The summed E-state index contributed by atoms with van der Waals surface area (Å²) >= 11 is 0. The van der Waals surface area contributed by atoms with Crippen LogP contribution in [0.25, 0.3) is 5.32 Å². The van der Waals surface area contributed by atoms with Crippen molar-refractivity contribution in [3.63, 3.8) is 0 Å². The van der Waals surface area contributed by atoms with Gasteiger partial charge in [-0.05, 0) is 41.7 Å². The van der Waals surface area contributed by atoms with Crippen LogP contribution in [0.1, 0.15) is 53.8 Å². The monoisotopic (exact) mass is 404 g/mol. The smallest absolute Gasteiger partial charge is 0.249 e. The van der Waals surface area contributed by atoms with Gasteiger partial charge in [-0.2, -0.15) is 0 Å². The first-order valence-corrected chi connectivity index (χ1v) is 10.7. The summed E-state index contributed by atoms with van der Waals surface area (Å²) in [6, 6.07) is 19.5. The minimum atomic E-state index is -0.311. The first kappa shape index (κ1) is 20.3. The molecule has 156 valence electrons. The van der Waals surface area contributed by atoms with Crippen LogP contribution in [0.2, 0.25) is 0 Å². The molecule has 0 radical (unpaired) electrons. The molecule has 1 amide bonds. The van der Waals surface area contributed by atoms with Gasteiger partial charge in [-0.15, -0.1) is 0 Å². The Morgan fingerprint density at radius 3 is 2.43 bits per heavy atom. The highest BCUT2D eigenvalue weighted by Gasteiger charge is 2.28. The van der Waals surface area contributed by atoms with Crippen LogP contribution in [0.15, 0.2) is 65.2 Å². The molecule has 0 saturated carbocycles. The van der Waals surface area contributed by atoms with Crippen LogP contribution in [-0.2, 0) is 13.0 Å². The van der Waals surface area contributed by atoms with Crippen LogP contribution in [-0.4, -0.2) is 29.2 Å². The molecule has 30 heavy (non-hydrogen) atoms. The Kier molecular flexibility index (Phi) is 6.54. The lowest BCUT2D eigenvalue weighted by atomic mass is 10.1. The molecule has 0 N–H and O–H groups in total. The second kappa shape index (κ2) is 9.67. The minimum absolute atomic E-state index is 0.0896. The summed E-state index contributed by atoms with van der Waals surface area (Å²) in [5, 5.41) is 8.58. The van der Waals surface area contributed by atoms with Crippen molar-refractivity contribution < 1.29 is 14.0 Å². The van der Waals surface area contributed by atoms with Crippen LogP contribution < -0.4 is 4.68 Å². The van der Waals surface area contributed by atoms with Gasteiger partial charge in [-0.1, -0.05) is 67.1 Å². The summed E-state index contributed by atoms with van der Waals surface area (Å²) in [7, 11) is 0. The van der Waals surface area contributed by atoms with Crippen LogP contribution in [0, 0.1) is 0 Å². The van der Waals surface area contributed by atoms with Gasteiger partial charge in [0.1, 0.15) is 5.88 Å². The van der Waals surface area contributed by atoms with Gasteiger partial charge in [0, 0.05) is 13.3 Å². The number of benzene rings is 2. The highest BCUT2D eigenvalue weighted by atomic mass is 16.5. The van der Waals surface area contributed by atoms with E-state index in [1.165, 1.54) is 24.8 Å². The Balaban J connectivity index is 1.58. The van der Waals surface area contributed by atoms with Crippen molar-refractivity contribution in [1.82, 2.24) is 10.2 Å². The van der Waals surface area contributed by atoms with E-state index in [4.69, 9.17) is 4.52 Å². The third-order valence-electron chi connectivity index (χ3n) is 5.58. The highest BCUT2D eigenvalue weighted by molar-refractivity contribution is 6.08. The molecule has 2 heterocycles. The zero-order chi connectivity index (χ0) is 20.8. The number of piperidine rings is 1. The molecule has 1 aliphatic rings. The summed E-state index contributed by atoms with van der Waals surface area (Å²) in [5.74, 6) is 0.00356. The van der Waals surface area contributed by atoms with Crippen LogP contribution in [0.4, 0.5) is 5.88 Å². The van der Waals surface area contributed by atoms with Crippen molar-refractivity contribution in [3.8, 4) is 0 Å². The summed E-state index contributed by atoms with van der Waals surface area (Å²) < 4.78 is 7.49. The number of likely N-dealkylation sites (tertiary alicyclic amines) is 1. The fourth-order valence-electron chi connectivity index (χ4n) is 3.96. The molecular weight excluding hydrogens is 376 g/mol. The largest absolute Gasteiger partial charge is 0.584 e. The van der Waals surface area contributed by atoms with E-state index in [0.29, 0.717) is 18.0 Å². The van der Waals surface area contributed by atoms with Crippen molar-refractivity contribution in [3.05, 3.63) is 82.8 Å². The third-order valence-corrected chi connectivity index (χ3v) is 5.58. The average molecular weight is 405 g/mol. The molecule has 3 aromatic rings. The van der Waals surface area contributed by atoms with Gasteiger partial charge in [0.2, 0.25) is 5.69 Å². The first-order valence-electron chi connectivity index (χ1n) is 10.7. The number of aromatic nitrogens is 2. The fraction of sp³-hybridized carbons (Fsp3) is 0.375. The van der Waals surface area contributed by atoms with Crippen LogP contribution in [0.3, 0.4) is 0 Å². The van der Waals surface area contributed by atoms with E-state index >= 15 is 0 Å². The second-order valence-corrected chi connectivity index (χ2v) is 7.93. The van der Waals surface area contributed by atoms with Gasteiger partial charge in [0.05, 0.1) is 12.5 Å². The predicted molar refractivity (Wildman–Crippen MR) is 114 cm³/mol. The Hall–Kier alpha value is -2.99. The number of carbonyl (C=O) groups excluding carboxylic acids is 1. The van der Waals surface area contributed by atoms with Gasteiger partial charge in [0.25, 0.3) is 0 Å². The predicted octanol–water partition coefficient (Wildman–Crippen LogP) is 4.60. The molecule has 0 bridgehead atoms. The molecule has 2 aromatic carbocycles. The SMILES string of the molecule is CC(Cc1ccccc1)[n+]1noc([N-]C(=O)c2ccccc2)c1CN1CCCCC1. The maximum absolute atomic E-state index is 12.7. The van der Waals surface area contributed by atoms with E-state index < -0.39 is 0 Å². The van der Waals surface area contributed by atoms with E-state index in [1.54, 1.807) is 12.1 Å². The first-order chi connectivity index (χ1) is 14.7. The van der Waals surface area contributed by atoms with Crippen LogP contribution >= 0.6 is 0 Å². The fourth-order valence-corrected chi connectivity index (χ4v) is 3.96. The molecule has 1 fully saturated rings. The quantitative estimate of drug-likeness (QED) is 0.540. The molecule has 4 rings (SSSR count). The molecule has 1 aliphatic heterocycles. The lowest BCUT2D eigenvalue weighted by Crippen LogP contribution is -2.46. The lowest BCUT2D eigenvalue weighted by molar-refractivity contribution is -0.788. The number of hydrogen-bond acceptors (Lipinski definition) is 4. The normalized spacial score (nSPS) is 15.6. The number of amides is 1. The minimum Gasteiger partial charge on any atom is -0.584 e. The van der Waals surface area contributed by atoms with Gasteiger partial charge in [0.15, 0.2) is 11.3 Å². The van der Waals surface area contributed by atoms with E-state index in [2.05, 4.69) is 34.5 Å². The van der Waals surface area contributed by atoms with Crippen molar-refractivity contribution in [1.29, 1.82) is 0 Å². The Morgan fingerprint density at radius 2 is 1.73 bits per heavy atom. The van der Waals surface area contributed by atoms with Crippen LogP contribution in [0.5, 0.6) is 0 Å². The molecule has 0 aliphatic carbocycles. The maximum Gasteiger partial charge on any atom is 0.249 e. The van der Waals surface area contributed by atoms with E-state index in [-0.39, 0.29) is 11.9 Å². The van der Waals surface area contributed by atoms with Crippen molar-refractivity contribution >= 4 is 11.8 Å². The molecule has 0 spiro atoms. The zero-order valence-corrected chi connectivity index (χ0v) is 17.4. The molecular formula is C24H28N4O2. The number of nitrogens with zero attached hydrogens (tertiary/aromatic N) is 4. The van der Waals surface area contributed by atoms with Gasteiger partial charge in [-0.25, -0.2) is 0 Å². The standard InChI is InChI=1S/C24H28N4O2/c1-19(17-20-11-5-2-6-12-20)28-22(18-27-15-9-4-10-16-27)24(30-26-28)25-23(29)21-13-7-3-8-14-21/h2-3,5-8,11-14,19H,4,9-10,15-18H2,1H3. The van der Waals surface area contributed by atoms with Crippen molar-refractivity contribution in [2.45, 2.75) is 45.2 Å². The third kappa shape index (κ3) is 4.94. The molecule has 1 saturated heterocycles. The summed E-state index contributed by atoms with van der Waals surface area (Å²) in [5.41, 5.74) is 2.65. The lowest BCUT2D eigenvalue weighted by Gasteiger charge is -2.25. The number of carbonyl (C=O) groups is 1. The number of rotatable bonds is 7. The summed E-state index contributed by atoms with van der Waals surface area (Å²) in [6.45, 7) is 4.90. The highest BCUT2D eigenvalue weighted by Crippen LogP contribution is 2.26. The molecule has 6 heteroatoms. The zero-order valence-electron chi connectivity index (χ0n) is 17.4. The van der Waals surface area contributed by atoms with Gasteiger partial charge < -0.3 is 14.6 Å². The Bertz CT molecular complexity index is 950. The van der Waals surface area contributed by atoms with Gasteiger partial charge >= 0.3 is 0 Å². The summed E-state index contributed by atoms with van der Waals surface area (Å²) in [4.78, 5) is 15.0. The number of hydrogen-bond donors (Lipinski definition) is 0. The second-order valence-electron chi connectivity index (χ2n) is 7.93. The van der Waals surface area contributed by atoms with E-state index in [1.807, 2.05) is 41.1 Å². The average Bonchev–Trinajstić information content (AvgIpc) is 3.18. The van der Waals surface area contributed by atoms with Crippen molar-refractivity contribution in [2.75, 3.05) is 13.1 Å². The van der Waals surface area contributed by atoms with E-state index in [0.717, 1.165) is 25.2 Å².